The zero-order valence-electron chi connectivity index (χ0n) is 13.3. The van der Waals surface area contributed by atoms with Gasteiger partial charge in [0, 0.05) is 25.0 Å². The minimum Gasteiger partial charge on any atom is -0.345 e. The van der Waals surface area contributed by atoms with Crippen molar-refractivity contribution in [3.63, 3.8) is 0 Å². The molecule has 130 valence electrons. The Morgan fingerprint density at radius 3 is 2.54 bits per heavy atom. The van der Waals surface area contributed by atoms with E-state index in [0.29, 0.717) is 5.69 Å². The van der Waals surface area contributed by atoms with Crippen molar-refractivity contribution in [2.24, 2.45) is 7.05 Å². The topological polar surface area (TPSA) is 80.2 Å². The van der Waals surface area contributed by atoms with Gasteiger partial charge in [0.05, 0.1) is 5.02 Å². The molecule has 2 rings (SSSR count). The fourth-order valence-electron chi connectivity index (χ4n) is 2.05. The first-order chi connectivity index (χ1) is 11.1. The smallest absolute Gasteiger partial charge is 0.272 e. The van der Waals surface area contributed by atoms with Crippen LogP contribution in [0.25, 0.3) is 0 Å². The van der Waals surface area contributed by atoms with Crippen LogP contribution in [-0.2, 0) is 17.1 Å². The Bertz CT molecular complexity index is 878. The zero-order chi connectivity index (χ0) is 18.1. The third-order valence-corrected chi connectivity index (χ3v) is 5.01. The summed E-state index contributed by atoms with van der Waals surface area (Å²) in [6.07, 6.45) is 1.34. The maximum absolute atomic E-state index is 13.1. The van der Waals surface area contributed by atoms with E-state index in [1.165, 1.54) is 29.0 Å². The van der Waals surface area contributed by atoms with Crippen molar-refractivity contribution in [1.82, 2.24) is 9.29 Å². The fourth-order valence-corrected chi connectivity index (χ4v) is 3.56. The Hall–Kier alpha value is -1.90. The molecule has 24 heavy (non-hydrogen) atoms. The van der Waals surface area contributed by atoms with Gasteiger partial charge in [-0.15, -0.1) is 0 Å². The summed E-state index contributed by atoms with van der Waals surface area (Å²) in [6.45, 7) is 3.40. The number of carbonyl (C=O) groups is 1. The second-order valence-electron chi connectivity index (χ2n) is 5.53. The quantitative estimate of drug-likeness (QED) is 0.845. The first kappa shape index (κ1) is 18.4. The molecule has 0 saturated heterocycles. The highest BCUT2D eigenvalue weighted by Gasteiger charge is 2.21. The molecule has 2 N–H and O–H groups in total. The minimum absolute atomic E-state index is 0.0130. The third kappa shape index (κ3) is 4.14. The molecule has 6 nitrogen and oxygen atoms in total. The minimum atomic E-state index is -3.70. The summed E-state index contributed by atoms with van der Waals surface area (Å²) in [5, 5.41) is 2.43. The van der Waals surface area contributed by atoms with Crippen LogP contribution in [0.4, 0.5) is 10.1 Å². The highest BCUT2D eigenvalue weighted by Crippen LogP contribution is 2.21. The Morgan fingerprint density at radius 2 is 1.96 bits per heavy atom. The van der Waals surface area contributed by atoms with E-state index < -0.39 is 21.7 Å². The van der Waals surface area contributed by atoms with E-state index in [2.05, 4.69) is 10.0 Å². The molecule has 0 saturated carbocycles. The number of hydrogen-bond donors (Lipinski definition) is 2. The molecule has 0 unspecified atom stereocenters. The summed E-state index contributed by atoms with van der Waals surface area (Å²) >= 11 is 5.67. The second-order valence-corrected chi connectivity index (χ2v) is 7.65. The number of aromatic nitrogens is 1. The van der Waals surface area contributed by atoms with Gasteiger partial charge in [-0.2, -0.15) is 0 Å². The lowest BCUT2D eigenvalue weighted by Gasteiger charge is -2.07. The number of benzene rings is 1. The highest BCUT2D eigenvalue weighted by atomic mass is 35.5. The third-order valence-electron chi connectivity index (χ3n) is 3.09. The van der Waals surface area contributed by atoms with Crippen LogP contribution in [0, 0.1) is 5.82 Å². The Kier molecular flexibility index (Phi) is 5.32. The summed E-state index contributed by atoms with van der Waals surface area (Å²) in [5.74, 6) is -1.13. The van der Waals surface area contributed by atoms with Crippen molar-refractivity contribution in [1.29, 1.82) is 0 Å². The number of sulfonamides is 1. The van der Waals surface area contributed by atoms with E-state index in [9.17, 15) is 17.6 Å². The van der Waals surface area contributed by atoms with Crippen LogP contribution >= 0.6 is 11.6 Å². The molecule has 1 aromatic carbocycles. The molecule has 0 bridgehead atoms. The van der Waals surface area contributed by atoms with Crippen molar-refractivity contribution in [3.05, 3.63) is 47.0 Å². The predicted molar refractivity (Wildman–Crippen MR) is 90.2 cm³/mol. The molecule has 1 amide bonds. The average molecular weight is 374 g/mol. The molecule has 0 spiro atoms. The molecule has 0 atom stereocenters. The van der Waals surface area contributed by atoms with Crippen LogP contribution in [-0.4, -0.2) is 24.9 Å². The van der Waals surface area contributed by atoms with Crippen LogP contribution < -0.4 is 10.0 Å². The number of amides is 1. The maximum Gasteiger partial charge on any atom is 0.272 e. The molecule has 0 radical (unpaired) electrons. The van der Waals surface area contributed by atoms with Crippen LogP contribution in [0.15, 0.2) is 35.4 Å². The van der Waals surface area contributed by atoms with Gasteiger partial charge in [0.1, 0.15) is 16.4 Å². The average Bonchev–Trinajstić information content (AvgIpc) is 2.84. The van der Waals surface area contributed by atoms with Crippen molar-refractivity contribution in [3.8, 4) is 0 Å². The molecule has 0 aliphatic rings. The maximum atomic E-state index is 13.1. The van der Waals surface area contributed by atoms with E-state index in [-0.39, 0.29) is 21.7 Å². The van der Waals surface area contributed by atoms with Gasteiger partial charge >= 0.3 is 0 Å². The lowest BCUT2D eigenvalue weighted by molar-refractivity contribution is 0.101. The number of hydrogen-bond acceptors (Lipinski definition) is 3. The van der Waals surface area contributed by atoms with Crippen LogP contribution in [0.1, 0.15) is 24.3 Å². The molecule has 0 aliphatic heterocycles. The predicted octanol–water partition coefficient (Wildman–Crippen LogP) is 2.76. The molecule has 2 aromatic rings. The van der Waals surface area contributed by atoms with E-state index in [1.54, 1.807) is 20.9 Å². The summed E-state index contributed by atoms with van der Waals surface area (Å²) in [7, 11) is -2.14. The Labute approximate surface area is 144 Å². The van der Waals surface area contributed by atoms with Gasteiger partial charge in [-0.25, -0.2) is 17.5 Å². The van der Waals surface area contributed by atoms with E-state index in [0.717, 1.165) is 6.07 Å². The van der Waals surface area contributed by atoms with Crippen LogP contribution in [0.2, 0.25) is 5.02 Å². The molecule has 9 heteroatoms. The molecule has 1 heterocycles. The number of aryl methyl sites for hydroxylation is 1. The van der Waals surface area contributed by atoms with Crippen molar-refractivity contribution in [2.75, 3.05) is 5.32 Å². The first-order valence-corrected chi connectivity index (χ1v) is 8.91. The van der Waals surface area contributed by atoms with Crippen molar-refractivity contribution >= 4 is 33.2 Å². The molecule has 1 aromatic heterocycles. The second kappa shape index (κ2) is 6.92. The zero-order valence-corrected chi connectivity index (χ0v) is 14.9. The van der Waals surface area contributed by atoms with Gasteiger partial charge in [-0.05, 0) is 38.1 Å². The Balaban J connectivity index is 2.26. The monoisotopic (exact) mass is 373 g/mol. The standard InChI is InChI=1S/C15H17ClFN3O3S/c1-9(2)19-24(22,23)11-7-14(20(3)8-11)15(21)18-10-4-5-13(17)12(16)6-10/h4-9,19H,1-3H3,(H,18,21). The van der Waals surface area contributed by atoms with Crippen LogP contribution in [0.5, 0.6) is 0 Å². The highest BCUT2D eigenvalue weighted by molar-refractivity contribution is 7.89. The van der Waals surface area contributed by atoms with Crippen LogP contribution in [0.3, 0.4) is 0 Å². The largest absolute Gasteiger partial charge is 0.345 e. The number of halogens is 2. The van der Waals surface area contributed by atoms with E-state index >= 15 is 0 Å². The molecular formula is C15H17ClFN3O3S. The number of carbonyl (C=O) groups excluding carboxylic acids is 1. The number of rotatable bonds is 5. The lowest BCUT2D eigenvalue weighted by Crippen LogP contribution is -2.29. The summed E-state index contributed by atoms with van der Waals surface area (Å²) in [6, 6.07) is 4.76. The van der Waals surface area contributed by atoms with Gasteiger partial charge in [0.2, 0.25) is 10.0 Å². The van der Waals surface area contributed by atoms with Crippen molar-refractivity contribution < 1.29 is 17.6 Å². The fraction of sp³-hybridized carbons (Fsp3) is 0.267. The summed E-state index contributed by atoms with van der Waals surface area (Å²) in [5.41, 5.74) is 0.442. The number of nitrogens with one attached hydrogen (secondary N) is 2. The van der Waals surface area contributed by atoms with Crippen molar-refractivity contribution in [2.45, 2.75) is 24.8 Å². The Morgan fingerprint density at radius 1 is 1.29 bits per heavy atom. The van der Waals surface area contributed by atoms with Gasteiger partial charge in [-0.1, -0.05) is 11.6 Å². The van der Waals surface area contributed by atoms with E-state index in [1.807, 2.05) is 0 Å². The van der Waals surface area contributed by atoms with Gasteiger partial charge in [0.25, 0.3) is 5.91 Å². The van der Waals surface area contributed by atoms with Gasteiger partial charge in [-0.3, -0.25) is 4.79 Å². The number of anilines is 1. The lowest BCUT2D eigenvalue weighted by atomic mass is 10.3. The van der Waals surface area contributed by atoms with Gasteiger partial charge < -0.3 is 9.88 Å². The molecule has 0 fully saturated rings. The van der Waals surface area contributed by atoms with E-state index in [4.69, 9.17) is 11.6 Å². The number of nitrogens with zero attached hydrogens (tertiary/aromatic N) is 1. The normalized spacial score (nSPS) is 11.8. The molecular weight excluding hydrogens is 357 g/mol. The SMILES string of the molecule is CC(C)NS(=O)(=O)c1cc(C(=O)Nc2ccc(F)c(Cl)c2)n(C)c1. The molecule has 0 aliphatic carbocycles. The summed E-state index contributed by atoms with van der Waals surface area (Å²) in [4.78, 5) is 12.3. The first-order valence-electron chi connectivity index (χ1n) is 7.05. The van der Waals surface area contributed by atoms with Gasteiger partial charge in [0.15, 0.2) is 0 Å². The summed E-state index contributed by atoms with van der Waals surface area (Å²) < 4.78 is 41.3.